The normalized spacial score (nSPS) is 11.6. The molecule has 3 N–H and O–H groups in total. The lowest BCUT2D eigenvalue weighted by molar-refractivity contribution is -0.147. The largest absolute Gasteiger partial charge is 0.481 e. The van der Waals surface area contributed by atoms with Gasteiger partial charge in [0.05, 0.1) is 12.8 Å². The molecule has 18 heavy (non-hydrogen) atoms. The van der Waals surface area contributed by atoms with Crippen molar-refractivity contribution in [3.05, 3.63) is 30.1 Å². The van der Waals surface area contributed by atoms with Gasteiger partial charge in [-0.05, 0) is 11.6 Å². The minimum atomic E-state index is -1.42. The molecular formula is C11H12N2O5. The van der Waals surface area contributed by atoms with Gasteiger partial charge in [0.25, 0.3) is 0 Å². The van der Waals surface area contributed by atoms with E-state index < -0.39 is 30.3 Å². The van der Waals surface area contributed by atoms with Gasteiger partial charge in [-0.1, -0.05) is 6.07 Å². The van der Waals surface area contributed by atoms with Gasteiger partial charge in [0.15, 0.2) is 0 Å². The average Bonchev–Trinajstić information content (AvgIpc) is 2.28. The highest BCUT2D eigenvalue weighted by Gasteiger charge is 2.22. The number of nitrogens with zero attached hydrogens (tertiary/aromatic N) is 1. The molecule has 0 saturated heterocycles. The van der Waals surface area contributed by atoms with Crippen molar-refractivity contribution in [2.75, 3.05) is 0 Å². The Morgan fingerprint density at radius 1 is 1.33 bits per heavy atom. The van der Waals surface area contributed by atoms with Crippen LogP contribution in [0.25, 0.3) is 0 Å². The molecule has 0 bridgehead atoms. The van der Waals surface area contributed by atoms with E-state index in [4.69, 9.17) is 10.2 Å². The topological polar surface area (TPSA) is 117 Å². The molecule has 0 aromatic carbocycles. The van der Waals surface area contributed by atoms with Gasteiger partial charge in [-0.15, -0.1) is 0 Å². The molecule has 1 atom stereocenters. The summed E-state index contributed by atoms with van der Waals surface area (Å²) < 4.78 is 0. The van der Waals surface area contributed by atoms with Crippen LogP contribution in [0.1, 0.15) is 12.0 Å². The fourth-order valence-electron chi connectivity index (χ4n) is 1.31. The Labute approximate surface area is 102 Å². The quantitative estimate of drug-likeness (QED) is 0.638. The first kappa shape index (κ1) is 13.6. The minimum Gasteiger partial charge on any atom is -0.481 e. The molecular weight excluding hydrogens is 240 g/mol. The number of rotatable bonds is 6. The van der Waals surface area contributed by atoms with E-state index in [2.05, 4.69) is 10.3 Å². The smallest absolute Gasteiger partial charge is 0.326 e. The summed E-state index contributed by atoms with van der Waals surface area (Å²) in [6.07, 6.45) is 2.32. The number of carboxylic acids is 2. The number of hydrogen-bond acceptors (Lipinski definition) is 4. The first-order valence-corrected chi connectivity index (χ1v) is 5.12. The summed E-state index contributed by atoms with van der Waals surface area (Å²) in [6, 6.07) is 1.89. The summed E-state index contributed by atoms with van der Waals surface area (Å²) in [5.41, 5.74) is 0.620. The molecule has 7 nitrogen and oxygen atoms in total. The third-order valence-corrected chi connectivity index (χ3v) is 2.10. The number of carboxylic acid groups (broad SMARTS) is 2. The van der Waals surface area contributed by atoms with Gasteiger partial charge in [0.2, 0.25) is 5.91 Å². The molecule has 0 spiro atoms. The van der Waals surface area contributed by atoms with Crippen LogP contribution in [0, 0.1) is 0 Å². The second-order valence-electron chi connectivity index (χ2n) is 3.59. The van der Waals surface area contributed by atoms with Gasteiger partial charge >= 0.3 is 11.9 Å². The Hall–Kier alpha value is -2.44. The predicted molar refractivity (Wildman–Crippen MR) is 59.8 cm³/mol. The molecule has 1 aromatic heterocycles. The molecule has 96 valence electrons. The summed E-state index contributed by atoms with van der Waals surface area (Å²) in [5, 5.41) is 19.4. The van der Waals surface area contributed by atoms with Crippen LogP contribution in [-0.4, -0.2) is 39.1 Å². The van der Waals surface area contributed by atoms with Gasteiger partial charge in [-0.3, -0.25) is 14.6 Å². The SMILES string of the molecule is O=C(O)C[C@H](NC(=O)Cc1cccnc1)C(=O)O. The highest BCUT2D eigenvalue weighted by molar-refractivity contribution is 5.87. The van der Waals surface area contributed by atoms with Crippen LogP contribution in [-0.2, 0) is 20.8 Å². The maximum Gasteiger partial charge on any atom is 0.326 e. The van der Waals surface area contributed by atoms with E-state index in [-0.39, 0.29) is 6.42 Å². The number of pyridine rings is 1. The summed E-state index contributed by atoms with van der Waals surface area (Å²) in [6.45, 7) is 0. The van der Waals surface area contributed by atoms with Crippen molar-refractivity contribution < 1.29 is 24.6 Å². The summed E-state index contributed by atoms with van der Waals surface area (Å²) in [7, 11) is 0. The Balaban J connectivity index is 2.56. The lowest BCUT2D eigenvalue weighted by Crippen LogP contribution is -2.42. The second-order valence-corrected chi connectivity index (χ2v) is 3.59. The lowest BCUT2D eigenvalue weighted by atomic mass is 10.1. The first-order chi connectivity index (χ1) is 8.49. The fourth-order valence-corrected chi connectivity index (χ4v) is 1.31. The first-order valence-electron chi connectivity index (χ1n) is 5.12. The zero-order valence-electron chi connectivity index (χ0n) is 9.37. The highest BCUT2D eigenvalue weighted by atomic mass is 16.4. The van der Waals surface area contributed by atoms with Crippen molar-refractivity contribution >= 4 is 17.8 Å². The Bertz CT molecular complexity index is 446. The molecule has 7 heteroatoms. The van der Waals surface area contributed by atoms with Crippen LogP contribution >= 0.6 is 0 Å². The maximum atomic E-state index is 11.5. The Morgan fingerprint density at radius 3 is 2.56 bits per heavy atom. The summed E-state index contributed by atoms with van der Waals surface area (Å²) in [4.78, 5) is 36.5. The van der Waals surface area contributed by atoms with Crippen LogP contribution in [0.15, 0.2) is 24.5 Å². The van der Waals surface area contributed by atoms with Gasteiger partial charge in [0, 0.05) is 12.4 Å². The molecule has 1 amide bonds. The van der Waals surface area contributed by atoms with Crippen LogP contribution in [0.4, 0.5) is 0 Å². The molecule has 0 aliphatic heterocycles. The lowest BCUT2D eigenvalue weighted by Gasteiger charge is -2.12. The fraction of sp³-hybridized carbons (Fsp3) is 0.273. The molecule has 0 radical (unpaired) electrons. The average molecular weight is 252 g/mol. The van der Waals surface area contributed by atoms with Crippen molar-refractivity contribution in [2.24, 2.45) is 0 Å². The molecule has 0 fully saturated rings. The van der Waals surface area contributed by atoms with Crippen LogP contribution in [0.2, 0.25) is 0 Å². The Kier molecular flexibility index (Phi) is 4.79. The monoisotopic (exact) mass is 252 g/mol. The van der Waals surface area contributed by atoms with Crippen molar-refractivity contribution in [1.29, 1.82) is 0 Å². The molecule has 1 heterocycles. The van der Waals surface area contributed by atoms with Crippen LogP contribution in [0.3, 0.4) is 0 Å². The van der Waals surface area contributed by atoms with Crippen LogP contribution in [0.5, 0.6) is 0 Å². The number of hydrogen-bond donors (Lipinski definition) is 3. The van der Waals surface area contributed by atoms with E-state index in [0.717, 1.165) is 0 Å². The van der Waals surface area contributed by atoms with Crippen molar-refractivity contribution in [2.45, 2.75) is 18.9 Å². The summed E-state index contributed by atoms with van der Waals surface area (Å²) in [5.74, 6) is -3.22. The van der Waals surface area contributed by atoms with E-state index in [0.29, 0.717) is 5.56 Å². The number of amides is 1. The number of aromatic nitrogens is 1. The van der Waals surface area contributed by atoms with E-state index in [1.165, 1.54) is 6.20 Å². The van der Waals surface area contributed by atoms with Crippen molar-refractivity contribution in [1.82, 2.24) is 10.3 Å². The minimum absolute atomic E-state index is 0.0444. The van der Waals surface area contributed by atoms with E-state index in [1.54, 1.807) is 18.3 Å². The van der Waals surface area contributed by atoms with Gasteiger partial charge in [0.1, 0.15) is 6.04 Å². The summed E-state index contributed by atoms with van der Waals surface area (Å²) >= 11 is 0. The van der Waals surface area contributed by atoms with Crippen molar-refractivity contribution in [3.63, 3.8) is 0 Å². The molecule has 0 saturated carbocycles. The van der Waals surface area contributed by atoms with Crippen LogP contribution < -0.4 is 5.32 Å². The van der Waals surface area contributed by atoms with Crippen molar-refractivity contribution in [3.8, 4) is 0 Å². The molecule has 0 aliphatic rings. The Morgan fingerprint density at radius 2 is 2.06 bits per heavy atom. The number of carbonyl (C=O) groups excluding carboxylic acids is 1. The van der Waals surface area contributed by atoms with Gasteiger partial charge in [-0.2, -0.15) is 0 Å². The molecule has 0 unspecified atom stereocenters. The number of aliphatic carboxylic acids is 2. The molecule has 1 aromatic rings. The zero-order chi connectivity index (χ0) is 13.5. The number of carbonyl (C=O) groups is 3. The van der Waals surface area contributed by atoms with E-state index in [1.807, 2.05) is 0 Å². The predicted octanol–water partition coefficient (Wildman–Crippen LogP) is -0.332. The third-order valence-electron chi connectivity index (χ3n) is 2.10. The zero-order valence-corrected chi connectivity index (χ0v) is 9.37. The van der Waals surface area contributed by atoms with Gasteiger partial charge in [-0.25, -0.2) is 4.79 Å². The highest BCUT2D eigenvalue weighted by Crippen LogP contribution is 1.99. The van der Waals surface area contributed by atoms with E-state index in [9.17, 15) is 14.4 Å². The second kappa shape index (κ2) is 6.33. The standard InChI is InChI=1S/C11H12N2O5/c14-9(4-7-2-1-3-12-6-7)13-8(11(17)18)5-10(15)16/h1-3,6,8H,4-5H2,(H,13,14)(H,15,16)(H,17,18)/t8-/m0/s1. The van der Waals surface area contributed by atoms with Gasteiger partial charge < -0.3 is 15.5 Å². The maximum absolute atomic E-state index is 11.5. The number of nitrogens with one attached hydrogen (secondary N) is 1. The third kappa shape index (κ3) is 4.60. The molecule has 1 rings (SSSR count). The molecule has 0 aliphatic carbocycles. The van der Waals surface area contributed by atoms with E-state index >= 15 is 0 Å².